The van der Waals surface area contributed by atoms with Crippen LogP contribution < -0.4 is 10.3 Å². The Hall–Kier alpha value is -3.34. The van der Waals surface area contributed by atoms with Crippen LogP contribution in [0.15, 0.2) is 59.7 Å². The highest BCUT2D eigenvalue weighted by molar-refractivity contribution is 7.76. The number of nitrogens with zero attached hydrogens (tertiary/aromatic N) is 2. The predicted molar refractivity (Wildman–Crippen MR) is 134 cm³/mol. The van der Waals surface area contributed by atoms with Crippen LogP contribution in [0, 0.1) is 17.6 Å². The maximum Gasteiger partial charge on any atom is 0.274 e. The van der Waals surface area contributed by atoms with Crippen molar-refractivity contribution in [2.24, 2.45) is 13.0 Å². The summed E-state index contributed by atoms with van der Waals surface area (Å²) in [6.07, 6.45) is 6.01. The van der Waals surface area contributed by atoms with Gasteiger partial charge in [0.05, 0.1) is 0 Å². The van der Waals surface area contributed by atoms with Crippen molar-refractivity contribution >= 4 is 22.2 Å². The zero-order valence-electron chi connectivity index (χ0n) is 19.5. The van der Waals surface area contributed by atoms with Crippen LogP contribution in [-0.2, 0) is 24.7 Å². The molecule has 0 saturated heterocycles. The average molecular weight is 514 g/mol. The molecule has 1 aliphatic rings. The van der Waals surface area contributed by atoms with E-state index in [1.54, 1.807) is 35.9 Å². The van der Waals surface area contributed by atoms with E-state index in [-0.39, 0.29) is 11.3 Å². The lowest BCUT2D eigenvalue weighted by Crippen LogP contribution is -2.30. The molecule has 2 N–H and O–H groups in total. The van der Waals surface area contributed by atoms with E-state index in [1.807, 2.05) is 12.1 Å². The van der Waals surface area contributed by atoms with Gasteiger partial charge >= 0.3 is 0 Å². The summed E-state index contributed by atoms with van der Waals surface area (Å²) in [6.45, 7) is 0.963. The molecular weight excluding hydrogens is 488 g/mol. The normalized spacial score (nSPS) is 14.5. The zero-order valence-corrected chi connectivity index (χ0v) is 20.4. The van der Waals surface area contributed by atoms with E-state index < -0.39 is 22.9 Å². The van der Waals surface area contributed by atoms with E-state index in [2.05, 4.69) is 4.98 Å². The topological polar surface area (TPSA) is 87.6 Å². The summed E-state index contributed by atoms with van der Waals surface area (Å²) in [5, 5.41) is 0.673. The number of aryl methyl sites for hydroxylation is 1. The molecule has 4 aromatic rings. The lowest BCUT2D eigenvalue weighted by atomic mass is 9.99. The fourth-order valence-corrected chi connectivity index (χ4v) is 4.85. The Morgan fingerprint density at radius 1 is 1.14 bits per heavy atom. The molecule has 2 heterocycles. The summed E-state index contributed by atoms with van der Waals surface area (Å²) in [5.41, 5.74) is 2.40. The van der Waals surface area contributed by atoms with Crippen molar-refractivity contribution in [1.29, 1.82) is 0 Å². The number of aromatic amines is 1. The second-order valence-corrected chi connectivity index (χ2v) is 10.0. The Morgan fingerprint density at radius 2 is 1.92 bits per heavy atom. The first-order valence-corrected chi connectivity index (χ1v) is 12.7. The monoisotopic (exact) mass is 513 g/mol. The number of hydrogen-bond acceptors (Lipinski definition) is 3. The fraction of sp³-hybridized carbons (Fsp3) is 0.269. The summed E-state index contributed by atoms with van der Waals surface area (Å²) in [6, 6.07) is 10.3. The number of rotatable bonds is 9. The summed E-state index contributed by atoms with van der Waals surface area (Å²) < 4.78 is 58.2. The van der Waals surface area contributed by atoms with Gasteiger partial charge in [0.25, 0.3) is 5.56 Å². The van der Waals surface area contributed by atoms with Crippen molar-refractivity contribution in [3.8, 4) is 22.6 Å². The predicted octanol–water partition coefficient (Wildman–Crippen LogP) is 5.00. The highest BCUT2D eigenvalue weighted by atomic mass is 32.2. The van der Waals surface area contributed by atoms with Crippen LogP contribution in [0.25, 0.3) is 22.0 Å². The van der Waals surface area contributed by atoms with Gasteiger partial charge < -0.3 is 14.3 Å². The van der Waals surface area contributed by atoms with Crippen molar-refractivity contribution in [2.75, 3.05) is 13.1 Å². The Bertz CT molecular complexity index is 1510. The van der Waals surface area contributed by atoms with Crippen molar-refractivity contribution in [3.63, 3.8) is 0 Å². The van der Waals surface area contributed by atoms with Gasteiger partial charge in [-0.3, -0.25) is 9.35 Å². The minimum absolute atomic E-state index is 0.133. The first-order chi connectivity index (χ1) is 17.3. The van der Waals surface area contributed by atoms with Gasteiger partial charge in [0.15, 0.2) is 11.6 Å². The minimum atomic E-state index is -2.06. The van der Waals surface area contributed by atoms with Gasteiger partial charge in [-0.25, -0.2) is 17.3 Å². The van der Waals surface area contributed by atoms with Crippen LogP contribution in [0.4, 0.5) is 8.78 Å². The Morgan fingerprint density at radius 3 is 2.64 bits per heavy atom. The van der Waals surface area contributed by atoms with Crippen LogP contribution in [0.5, 0.6) is 11.5 Å². The molecule has 1 fully saturated rings. The van der Waals surface area contributed by atoms with Crippen LogP contribution in [-0.4, -0.2) is 35.7 Å². The molecular formula is C26H25F2N3O4S. The molecule has 188 valence electrons. The number of benzene rings is 2. The first-order valence-electron chi connectivity index (χ1n) is 11.6. The molecule has 1 aliphatic carbocycles. The highest BCUT2D eigenvalue weighted by Gasteiger charge is 2.26. The third-order valence-electron chi connectivity index (χ3n) is 6.37. The second kappa shape index (κ2) is 9.96. The van der Waals surface area contributed by atoms with E-state index in [0.29, 0.717) is 53.2 Å². The van der Waals surface area contributed by atoms with Crippen molar-refractivity contribution in [1.82, 2.24) is 13.9 Å². The van der Waals surface area contributed by atoms with Gasteiger partial charge in [0.2, 0.25) is 11.3 Å². The van der Waals surface area contributed by atoms with E-state index in [9.17, 15) is 22.3 Å². The van der Waals surface area contributed by atoms with Crippen LogP contribution >= 0.6 is 0 Å². The number of H-pyrrole nitrogens is 1. The molecule has 1 atom stereocenters. The number of pyridine rings is 1. The number of nitrogens with one attached hydrogen (secondary N) is 1. The van der Waals surface area contributed by atoms with Gasteiger partial charge in [-0.15, -0.1) is 0 Å². The summed E-state index contributed by atoms with van der Waals surface area (Å²) in [4.78, 5) is 15.6. The molecule has 2 aromatic heterocycles. The number of ether oxygens (including phenoxy) is 1. The van der Waals surface area contributed by atoms with Crippen LogP contribution in [0.1, 0.15) is 18.4 Å². The lowest BCUT2D eigenvalue weighted by molar-refractivity contribution is 0.386. The Labute approximate surface area is 208 Å². The molecule has 7 nitrogen and oxygen atoms in total. The molecule has 36 heavy (non-hydrogen) atoms. The molecule has 1 saturated carbocycles. The average Bonchev–Trinajstić information content (AvgIpc) is 3.53. The van der Waals surface area contributed by atoms with Crippen molar-refractivity contribution in [2.45, 2.75) is 19.3 Å². The van der Waals surface area contributed by atoms with Gasteiger partial charge in [-0.1, -0.05) is 6.07 Å². The maximum atomic E-state index is 14.4. The smallest absolute Gasteiger partial charge is 0.274 e. The zero-order chi connectivity index (χ0) is 25.4. The van der Waals surface area contributed by atoms with E-state index in [1.165, 1.54) is 10.6 Å². The summed E-state index contributed by atoms with van der Waals surface area (Å²) in [7, 11) is 1.64. The molecule has 5 rings (SSSR count). The van der Waals surface area contributed by atoms with E-state index in [4.69, 9.17) is 4.74 Å². The van der Waals surface area contributed by atoms with E-state index >= 15 is 0 Å². The highest BCUT2D eigenvalue weighted by Crippen LogP contribution is 2.38. The quantitative estimate of drug-likeness (QED) is 0.309. The lowest BCUT2D eigenvalue weighted by Gasteiger charge is -2.18. The molecule has 0 radical (unpaired) electrons. The van der Waals surface area contributed by atoms with Crippen LogP contribution in [0.2, 0.25) is 0 Å². The van der Waals surface area contributed by atoms with E-state index in [0.717, 1.165) is 30.5 Å². The van der Waals surface area contributed by atoms with Gasteiger partial charge in [-0.05, 0) is 61.1 Å². The largest absolute Gasteiger partial charge is 0.454 e. The van der Waals surface area contributed by atoms with Crippen molar-refractivity contribution < 1.29 is 22.3 Å². The number of fused-ring (bicyclic) bond motifs is 1. The second-order valence-electron chi connectivity index (χ2n) is 9.04. The molecule has 1 unspecified atom stereocenters. The molecule has 2 aromatic carbocycles. The van der Waals surface area contributed by atoms with Crippen LogP contribution in [0.3, 0.4) is 0 Å². The number of hydrogen-bond donors (Lipinski definition) is 2. The molecule has 0 spiro atoms. The number of halogens is 2. The first kappa shape index (κ1) is 24.4. The number of aromatic nitrogens is 2. The Kier molecular flexibility index (Phi) is 6.74. The standard InChI is InChI=1S/C26H25F2N3O4S/c1-30-15-21(19-8-10-29-25(19)26(30)32)20-12-16(9-11-31(36(33)34)14-17-2-3-17)4-6-23(20)35-24-7-5-18(27)13-22(24)28/h4-8,10,12-13,15,17,29H,2-3,9,11,14H2,1H3,(H,33,34). The van der Waals surface area contributed by atoms with Crippen molar-refractivity contribution in [3.05, 3.63) is 82.4 Å². The molecule has 10 heteroatoms. The molecule has 0 amide bonds. The molecule has 0 bridgehead atoms. The van der Waals surface area contributed by atoms with Gasteiger partial charge in [0.1, 0.15) is 17.1 Å². The third kappa shape index (κ3) is 5.11. The fourth-order valence-electron chi connectivity index (χ4n) is 4.27. The Balaban J connectivity index is 1.55. The SMILES string of the molecule is Cn1cc(-c2cc(CCN(CC3CC3)S(=O)O)ccc2Oc2ccc(F)cc2F)c2cc[nH]c2c1=O. The summed E-state index contributed by atoms with van der Waals surface area (Å²) in [5.74, 6) is -0.888. The molecule has 0 aliphatic heterocycles. The third-order valence-corrected chi connectivity index (χ3v) is 7.15. The summed E-state index contributed by atoms with van der Waals surface area (Å²) >= 11 is -2.06. The van der Waals surface area contributed by atoms with Gasteiger partial charge in [0, 0.05) is 55.1 Å². The minimum Gasteiger partial charge on any atom is -0.454 e. The maximum absolute atomic E-state index is 14.4. The van der Waals surface area contributed by atoms with Gasteiger partial charge in [-0.2, -0.15) is 0 Å².